The molecule has 0 bridgehead atoms. The monoisotopic (exact) mass is 551 g/mol. The van der Waals surface area contributed by atoms with Crippen molar-refractivity contribution in [2.75, 3.05) is 56.2 Å². The van der Waals surface area contributed by atoms with Crippen LogP contribution in [-0.4, -0.2) is 83.7 Å². The largest absolute Gasteiger partial charge is 0.460 e. The van der Waals surface area contributed by atoms with Gasteiger partial charge in [-0.1, -0.05) is 6.07 Å². The normalized spacial score (nSPS) is 16.6. The van der Waals surface area contributed by atoms with Gasteiger partial charge in [0.2, 0.25) is 0 Å². The summed E-state index contributed by atoms with van der Waals surface area (Å²) >= 11 is 1.43. The van der Waals surface area contributed by atoms with Crippen molar-refractivity contribution in [3.63, 3.8) is 0 Å². The van der Waals surface area contributed by atoms with Crippen LogP contribution in [0.1, 0.15) is 46.2 Å². The smallest absolute Gasteiger partial charge is 0.316 e. The van der Waals surface area contributed by atoms with Gasteiger partial charge in [-0.3, -0.25) is 14.5 Å². The van der Waals surface area contributed by atoms with Gasteiger partial charge in [0.1, 0.15) is 11.8 Å². The molecule has 0 spiro atoms. The van der Waals surface area contributed by atoms with Crippen LogP contribution in [0.25, 0.3) is 0 Å². The minimum absolute atomic E-state index is 0.0466. The Morgan fingerprint density at radius 1 is 1.10 bits per heavy atom. The molecule has 2 aliphatic rings. The molecule has 1 aromatic carbocycles. The third-order valence-electron chi connectivity index (χ3n) is 6.68. The van der Waals surface area contributed by atoms with Crippen molar-refractivity contribution in [2.45, 2.75) is 32.4 Å². The summed E-state index contributed by atoms with van der Waals surface area (Å²) in [7, 11) is 0. The highest BCUT2D eigenvalue weighted by Crippen LogP contribution is 2.26. The first-order valence-corrected chi connectivity index (χ1v) is 14.1. The Hall–Kier alpha value is -3.61. The number of hydrogen-bond acceptors (Lipinski definition) is 10. The number of amides is 2. The number of anilines is 2. The number of morpholine rings is 1. The number of aromatic nitrogens is 3. The second-order valence-corrected chi connectivity index (χ2v) is 10.3. The maximum Gasteiger partial charge on any atom is 0.316 e. The number of hydrogen-bond donors (Lipinski definition) is 2. The van der Waals surface area contributed by atoms with E-state index in [0.717, 1.165) is 56.3 Å². The van der Waals surface area contributed by atoms with Crippen molar-refractivity contribution in [1.82, 2.24) is 25.2 Å². The van der Waals surface area contributed by atoms with Crippen molar-refractivity contribution in [3.05, 3.63) is 58.9 Å². The molecule has 0 aliphatic carbocycles. The highest BCUT2D eigenvalue weighted by atomic mass is 32.1. The molecule has 11 nitrogen and oxygen atoms in total. The molecular weight excluding hydrogens is 518 g/mol. The van der Waals surface area contributed by atoms with Gasteiger partial charge in [-0.05, 0) is 30.7 Å². The molecule has 39 heavy (non-hydrogen) atoms. The number of benzene rings is 1. The molecule has 0 radical (unpaired) electrons. The topological polar surface area (TPSA) is 122 Å². The van der Waals surface area contributed by atoms with Crippen LogP contribution in [0.2, 0.25) is 0 Å². The summed E-state index contributed by atoms with van der Waals surface area (Å²) in [6, 6.07) is 7.76. The van der Waals surface area contributed by atoms with E-state index in [1.807, 2.05) is 19.1 Å². The van der Waals surface area contributed by atoms with Gasteiger partial charge in [0.25, 0.3) is 11.8 Å². The Labute approximate surface area is 231 Å². The van der Waals surface area contributed by atoms with E-state index in [4.69, 9.17) is 9.47 Å². The molecule has 0 saturated carbocycles. The molecule has 2 fully saturated rings. The van der Waals surface area contributed by atoms with Gasteiger partial charge in [0.05, 0.1) is 24.5 Å². The summed E-state index contributed by atoms with van der Waals surface area (Å²) in [5.41, 5.74) is 2.24. The Balaban J connectivity index is 1.21. The third kappa shape index (κ3) is 7.08. The SMILES string of the molecule is CCNC(=O)c1cc(CN2CCOCC2)ccc1NC(=O)c1csc(N2CCC(Oc3ncccn3)CC2)n1. The fourth-order valence-corrected chi connectivity index (χ4v) is 5.48. The van der Waals surface area contributed by atoms with Gasteiger partial charge in [-0.25, -0.2) is 15.0 Å². The first-order chi connectivity index (χ1) is 19.1. The average Bonchev–Trinajstić information content (AvgIpc) is 3.46. The molecule has 2 aromatic heterocycles. The zero-order chi connectivity index (χ0) is 27.0. The summed E-state index contributed by atoms with van der Waals surface area (Å²) in [6.07, 6.45) is 5.00. The molecule has 4 heterocycles. The molecule has 206 valence electrons. The number of thiazole rings is 1. The Kier molecular flexibility index (Phi) is 8.96. The molecule has 12 heteroatoms. The van der Waals surface area contributed by atoms with E-state index >= 15 is 0 Å². The van der Waals surface area contributed by atoms with Crippen LogP contribution in [0, 0.1) is 0 Å². The van der Waals surface area contributed by atoms with Crippen LogP contribution in [-0.2, 0) is 11.3 Å². The summed E-state index contributed by atoms with van der Waals surface area (Å²) in [5, 5.41) is 8.30. The number of piperidine rings is 1. The molecule has 2 aliphatic heterocycles. The molecule has 3 aromatic rings. The molecule has 0 atom stereocenters. The summed E-state index contributed by atoms with van der Waals surface area (Å²) in [5.74, 6) is -0.565. The van der Waals surface area contributed by atoms with Gasteiger partial charge < -0.3 is 25.0 Å². The van der Waals surface area contributed by atoms with Crippen LogP contribution in [0.15, 0.2) is 42.0 Å². The standard InChI is InChI=1S/C27H33N7O4S/c1-2-28-24(35)21-16-19(17-33-12-14-37-15-13-33)4-5-22(21)31-25(36)23-18-39-27(32-23)34-10-6-20(7-11-34)38-26-29-8-3-9-30-26/h3-5,8-9,16,18,20H,2,6-7,10-15,17H2,1H3,(H,28,35)(H,31,36). The molecular formula is C27H33N7O4S. The lowest BCUT2D eigenvalue weighted by Gasteiger charge is -2.31. The quantitative estimate of drug-likeness (QED) is 0.413. The van der Waals surface area contributed by atoms with Gasteiger partial charge in [-0.2, -0.15) is 0 Å². The van der Waals surface area contributed by atoms with E-state index in [2.05, 4.69) is 35.4 Å². The fourth-order valence-electron chi connectivity index (χ4n) is 4.62. The zero-order valence-corrected chi connectivity index (χ0v) is 22.8. The predicted octanol–water partition coefficient (Wildman–Crippen LogP) is 2.82. The highest BCUT2D eigenvalue weighted by molar-refractivity contribution is 7.14. The number of carbonyl (C=O) groups is 2. The lowest BCUT2D eigenvalue weighted by Crippen LogP contribution is -2.38. The number of ether oxygens (including phenoxy) is 2. The number of nitrogens with zero attached hydrogens (tertiary/aromatic N) is 5. The number of nitrogens with one attached hydrogen (secondary N) is 2. The second-order valence-electron chi connectivity index (χ2n) is 9.43. The summed E-state index contributed by atoms with van der Waals surface area (Å²) < 4.78 is 11.3. The molecule has 2 saturated heterocycles. The van der Waals surface area contributed by atoms with E-state index < -0.39 is 0 Å². The van der Waals surface area contributed by atoms with Crippen LogP contribution in [0.5, 0.6) is 6.01 Å². The maximum atomic E-state index is 13.1. The minimum Gasteiger partial charge on any atom is -0.460 e. The van der Waals surface area contributed by atoms with Crippen molar-refractivity contribution in [2.24, 2.45) is 0 Å². The lowest BCUT2D eigenvalue weighted by molar-refractivity contribution is 0.0342. The predicted molar refractivity (Wildman–Crippen MR) is 149 cm³/mol. The first-order valence-electron chi connectivity index (χ1n) is 13.3. The van der Waals surface area contributed by atoms with Crippen LogP contribution in [0.4, 0.5) is 10.8 Å². The second kappa shape index (κ2) is 13.0. The number of carbonyl (C=O) groups excluding carboxylic acids is 2. The summed E-state index contributed by atoms with van der Waals surface area (Å²) in [4.78, 5) is 43.3. The number of rotatable bonds is 9. The van der Waals surface area contributed by atoms with E-state index in [1.54, 1.807) is 29.9 Å². The van der Waals surface area contributed by atoms with Crippen molar-refractivity contribution >= 4 is 34.0 Å². The Morgan fingerprint density at radius 2 is 1.87 bits per heavy atom. The van der Waals surface area contributed by atoms with E-state index in [-0.39, 0.29) is 17.9 Å². The van der Waals surface area contributed by atoms with Crippen LogP contribution >= 0.6 is 11.3 Å². The first kappa shape index (κ1) is 27.0. The molecule has 2 amide bonds. The van der Waals surface area contributed by atoms with Gasteiger partial charge in [0.15, 0.2) is 5.13 Å². The van der Waals surface area contributed by atoms with Crippen LogP contribution < -0.4 is 20.3 Å². The third-order valence-corrected chi connectivity index (χ3v) is 7.58. The molecule has 5 rings (SSSR count). The maximum absolute atomic E-state index is 13.1. The molecule has 0 unspecified atom stereocenters. The van der Waals surface area contributed by atoms with E-state index in [0.29, 0.717) is 42.7 Å². The van der Waals surface area contributed by atoms with E-state index in [1.165, 1.54) is 11.3 Å². The van der Waals surface area contributed by atoms with Gasteiger partial charge in [0, 0.05) is 69.9 Å². The average molecular weight is 552 g/mol. The minimum atomic E-state index is -0.344. The van der Waals surface area contributed by atoms with Crippen molar-refractivity contribution in [3.8, 4) is 6.01 Å². The van der Waals surface area contributed by atoms with Crippen molar-refractivity contribution in [1.29, 1.82) is 0 Å². The Bertz CT molecular complexity index is 1260. The summed E-state index contributed by atoms with van der Waals surface area (Å²) in [6.45, 7) is 7.74. The van der Waals surface area contributed by atoms with Gasteiger partial charge in [-0.15, -0.1) is 11.3 Å². The lowest BCUT2D eigenvalue weighted by atomic mass is 10.1. The zero-order valence-electron chi connectivity index (χ0n) is 22.0. The van der Waals surface area contributed by atoms with Crippen molar-refractivity contribution < 1.29 is 19.1 Å². The van der Waals surface area contributed by atoms with Gasteiger partial charge >= 0.3 is 6.01 Å². The van der Waals surface area contributed by atoms with E-state index in [9.17, 15) is 9.59 Å². The highest BCUT2D eigenvalue weighted by Gasteiger charge is 2.24. The Morgan fingerprint density at radius 3 is 2.62 bits per heavy atom. The fraction of sp³-hybridized carbons (Fsp3) is 0.444. The molecule has 2 N–H and O–H groups in total. The van der Waals surface area contributed by atoms with Crippen LogP contribution in [0.3, 0.4) is 0 Å².